The Bertz CT molecular complexity index is 658. The van der Waals surface area contributed by atoms with E-state index in [0.717, 1.165) is 39.0 Å². The number of hydrogen-bond acceptors (Lipinski definition) is 3. The van der Waals surface area contributed by atoms with E-state index in [1.807, 2.05) is 0 Å². The zero-order chi connectivity index (χ0) is 17.6. The van der Waals surface area contributed by atoms with Crippen LogP contribution in [0.5, 0.6) is 0 Å². The van der Waals surface area contributed by atoms with Crippen LogP contribution in [-0.2, 0) is 13.1 Å². The van der Waals surface area contributed by atoms with Gasteiger partial charge in [-0.05, 0) is 41.5 Å². The van der Waals surface area contributed by atoms with Gasteiger partial charge in [-0.1, -0.05) is 56.3 Å². The molecule has 2 aromatic carbocycles. The van der Waals surface area contributed by atoms with Gasteiger partial charge < -0.3 is 10.4 Å². The number of nitrogens with one attached hydrogen (secondary N) is 1. The van der Waals surface area contributed by atoms with E-state index in [4.69, 9.17) is 0 Å². The Balaban J connectivity index is 1.60. The van der Waals surface area contributed by atoms with Crippen molar-refractivity contribution in [2.75, 3.05) is 18.4 Å². The van der Waals surface area contributed by atoms with Crippen LogP contribution in [0.4, 0.5) is 5.69 Å². The molecule has 1 aliphatic rings. The lowest BCUT2D eigenvalue weighted by Crippen LogP contribution is -2.35. The molecule has 25 heavy (non-hydrogen) atoms. The predicted octanol–water partition coefficient (Wildman–Crippen LogP) is 4.38. The molecule has 0 saturated carbocycles. The molecule has 2 aromatic rings. The van der Waals surface area contributed by atoms with Gasteiger partial charge in [-0.25, -0.2) is 0 Å². The summed E-state index contributed by atoms with van der Waals surface area (Å²) in [5, 5.41) is 13.3. The quantitative estimate of drug-likeness (QED) is 0.820. The van der Waals surface area contributed by atoms with E-state index in [1.54, 1.807) is 0 Å². The Kier molecular flexibility index (Phi) is 6.11. The smallest absolute Gasteiger partial charge is 0.0564 e. The van der Waals surface area contributed by atoms with Gasteiger partial charge in [0.15, 0.2) is 0 Å². The maximum Gasteiger partial charge on any atom is 0.0564 e. The fourth-order valence-electron chi connectivity index (χ4n) is 3.37. The van der Waals surface area contributed by atoms with E-state index in [9.17, 15) is 5.11 Å². The Morgan fingerprint density at radius 3 is 2.40 bits per heavy atom. The van der Waals surface area contributed by atoms with E-state index in [1.165, 1.54) is 22.4 Å². The number of benzene rings is 2. The molecule has 3 rings (SSSR count). The van der Waals surface area contributed by atoms with Crippen molar-refractivity contribution in [3.63, 3.8) is 0 Å². The van der Waals surface area contributed by atoms with Crippen LogP contribution in [0.1, 0.15) is 49.3 Å². The average molecular weight is 338 g/mol. The SMILES string of the molecule is CC(C)c1ccc(CNc2ccccc2CN2CCC(O)CC2)cc1. The first kappa shape index (κ1) is 18.0. The molecule has 2 N–H and O–H groups in total. The highest BCUT2D eigenvalue weighted by Crippen LogP contribution is 2.21. The molecule has 1 saturated heterocycles. The molecule has 0 bridgehead atoms. The fourth-order valence-corrected chi connectivity index (χ4v) is 3.37. The first-order valence-electron chi connectivity index (χ1n) is 9.43. The highest BCUT2D eigenvalue weighted by atomic mass is 16.3. The van der Waals surface area contributed by atoms with Gasteiger partial charge in [-0.15, -0.1) is 0 Å². The van der Waals surface area contributed by atoms with Gasteiger partial charge in [-0.2, -0.15) is 0 Å². The number of anilines is 1. The number of piperidine rings is 1. The Morgan fingerprint density at radius 2 is 1.72 bits per heavy atom. The molecule has 1 aliphatic heterocycles. The summed E-state index contributed by atoms with van der Waals surface area (Å²) in [4.78, 5) is 2.44. The van der Waals surface area contributed by atoms with Crippen molar-refractivity contribution < 1.29 is 5.11 Å². The van der Waals surface area contributed by atoms with Crippen LogP contribution >= 0.6 is 0 Å². The highest BCUT2D eigenvalue weighted by Gasteiger charge is 2.17. The number of aliphatic hydroxyl groups excluding tert-OH is 1. The minimum absolute atomic E-state index is 0.113. The molecule has 0 atom stereocenters. The molecule has 0 spiro atoms. The second-order valence-electron chi connectivity index (χ2n) is 7.41. The number of rotatable bonds is 6. The maximum atomic E-state index is 9.67. The zero-order valence-corrected chi connectivity index (χ0v) is 15.4. The summed E-state index contributed by atoms with van der Waals surface area (Å²) >= 11 is 0. The van der Waals surface area contributed by atoms with Crippen LogP contribution in [0.2, 0.25) is 0 Å². The van der Waals surface area contributed by atoms with E-state index in [0.29, 0.717) is 5.92 Å². The van der Waals surface area contributed by atoms with Crippen molar-refractivity contribution in [2.24, 2.45) is 0 Å². The van der Waals surface area contributed by atoms with Crippen LogP contribution in [0.3, 0.4) is 0 Å². The van der Waals surface area contributed by atoms with Gasteiger partial charge >= 0.3 is 0 Å². The van der Waals surface area contributed by atoms with Crippen LogP contribution in [-0.4, -0.2) is 29.2 Å². The third-order valence-electron chi connectivity index (χ3n) is 5.10. The van der Waals surface area contributed by atoms with Gasteiger partial charge in [0.05, 0.1) is 6.10 Å². The summed E-state index contributed by atoms with van der Waals surface area (Å²) < 4.78 is 0. The van der Waals surface area contributed by atoms with Crippen LogP contribution in [0.25, 0.3) is 0 Å². The summed E-state index contributed by atoms with van der Waals surface area (Å²) in [5.74, 6) is 0.575. The molecule has 0 aliphatic carbocycles. The minimum Gasteiger partial charge on any atom is -0.393 e. The van der Waals surface area contributed by atoms with Crippen molar-refractivity contribution >= 4 is 5.69 Å². The fraction of sp³-hybridized carbons (Fsp3) is 0.455. The standard InChI is InChI=1S/C22H30N2O/c1-17(2)19-9-7-18(8-10-19)15-23-22-6-4-3-5-20(22)16-24-13-11-21(25)12-14-24/h3-10,17,21,23,25H,11-16H2,1-2H3. The Labute approximate surface area is 151 Å². The van der Waals surface area contributed by atoms with Gasteiger partial charge in [0.1, 0.15) is 0 Å². The lowest BCUT2D eigenvalue weighted by atomic mass is 10.0. The molecular formula is C22H30N2O. The first-order chi connectivity index (χ1) is 12.1. The molecule has 0 aromatic heterocycles. The molecule has 3 heteroatoms. The summed E-state index contributed by atoms with van der Waals surface area (Å²) in [6.07, 6.45) is 1.66. The molecule has 1 fully saturated rings. The third kappa shape index (κ3) is 5.07. The highest BCUT2D eigenvalue weighted by molar-refractivity contribution is 5.51. The number of para-hydroxylation sites is 1. The van der Waals surface area contributed by atoms with Crippen molar-refractivity contribution in [3.8, 4) is 0 Å². The van der Waals surface area contributed by atoms with Crippen molar-refractivity contribution in [1.29, 1.82) is 0 Å². The number of nitrogens with zero attached hydrogens (tertiary/aromatic N) is 1. The first-order valence-corrected chi connectivity index (χ1v) is 9.43. The molecule has 134 valence electrons. The van der Waals surface area contributed by atoms with E-state index in [-0.39, 0.29) is 6.10 Å². The van der Waals surface area contributed by atoms with Gasteiger partial charge in [0.2, 0.25) is 0 Å². The van der Waals surface area contributed by atoms with Crippen LogP contribution < -0.4 is 5.32 Å². The lowest BCUT2D eigenvalue weighted by Gasteiger charge is -2.30. The van der Waals surface area contributed by atoms with Gasteiger partial charge in [0.25, 0.3) is 0 Å². The van der Waals surface area contributed by atoms with Crippen molar-refractivity contribution in [2.45, 2.75) is 51.8 Å². The normalized spacial score (nSPS) is 16.3. The molecular weight excluding hydrogens is 308 g/mol. The molecule has 1 heterocycles. The predicted molar refractivity (Wildman–Crippen MR) is 105 cm³/mol. The molecule has 0 amide bonds. The van der Waals surface area contributed by atoms with Crippen LogP contribution in [0.15, 0.2) is 48.5 Å². The average Bonchev–Trinajstić information content (AvgIpc) is 2.63. The largest absolute Gasteiger partial charge is 0.393 e. The monoisotopic (exact) mass is 338 g/mol. The van der Waals surface area contributed by atoms with E-state index < -0.39 is 0 Å². The molecule has 0 radical (unpaired) electrons. The van der Waals surface area contributed by atoms with E-state index >= 15 is 0 Å². The summed E-state index contributed by atoms with van der Waals surface area (Å²) in [7, 11) is 0. The zero-order valence-electron chi connectivity index (χ0n) is 15.4. The summed E-state index contributed by atoms with van der Waals surface area (Å²) in [6.45, 7) is 8.20. The summed E-state index contributed by atoms with van der Waals surface area (Å²) in [6, 6.07) is 17.5. The third-order valence-corrected chi connectivity index (χ3v) is 5.10. The number of likely N-dealkylation sites (tertiary alicyclic amines) is 1. The number of hydrogen-bond donors (Lipinski definition) is 2. The Hall–Kier alpha value is -1.84. The van der Waals surface area contributed by atoms with Gasteiger partial charge in [-0.3, -0.25) is 4.90 Å². The maximum absolute atomic E-state index is 9.67. The van der Waals surface area contributed by atoms with E-state index in [2.05, 4.69) is 72.6 Å². The minimum atomic E-state index is -0.113. The molecule has 3 nitrogen and oxygen atoms in total. The van der Waals surface area contributed by atoms with Crippen molar-refractivity contribution in [3.05, 3.63) is 65.2 Å². The number of aliphatic hydroxyl groups is 1. The lowest BCUT2D eigenvalue weighted by molar-refractivity contribution is 0.0793. The second kappa shape index (κ2) is 8.50. The second-order valence-corrected chi connectivity index (χ2v) is 7.41. The van der Waals surface area contributed by atoms with Crippen LogP contribution in [0, 0.1) is 0 Å². The summed E-state index contributed by atoms with van der Waals surface area (Å²) in [5.41, 5.74) is 5.23. The Morgan fingerprint density at radius 1 is 1.04 bits per heavy atom. The van der Waals surface area contributed by atoms with Crippen molar-refractivity contribution in [1.82, 2.24) is 4.90 Å². The molecule has 0 unspecified atom stereocenters. The topological polar surface area (TPSA) is 35.5 Å². The van der Waals surface area contributed by atoms with Gasteiger partial charge in [0, 0.05) is 31.9 Å².